The fourth-order valence-electron chi connectivity index (χ4n) is 4.01. The third-order valence-electron chi connectivity index (χ3n) is 5.62. The van der Waals surface area contributed by atoms with Gasteiger partial charge in [0.1, 0.15) is 30.0 Å². The summed E-state index contributed by atoms with van der Waals surface area (Å²) in [6, 6.07) is 5.06. The Morgan fingerprint density at radius 3 is 2.40 bits per heavy atom. The summed E-state index contributed by atoms with van der Waals surface area (Å²) in [6.07, 6.45) is 1.48. The van der Waals surface area contributed by atoms with E-state index in [9.17, 15) is 33.9 Å². The van der Waals surface area contributed by atoms with Gasteiger partial charge in [-0.15, -0.1) is 11.8 Å². The van der Waals surface area contributed by atoms with E-state index >= 15 is 0 Å². The van der Waals surface area contributed by atoms with Crippen molar-refractivity contribution in [2.45, 2.75) is 42.1 Å². The number of carboxylic acids is 1. The summed E-state index contributed by atoms with van der Waals surface area (Å²) < 4.78 is 0.0984. The molecule has 1 aromatic rings. The van der Waals surface area contributed by atoms with Crippen molar-refractivity contribution in [3.05, 3.63) is 35.9 Å². The Morgan fingerprint density at radius 1 is 1.23 bits per heavy atom. The minimum atomic E-state index is -1.23. The lowest BCUT2D eigenvalue weighted by molar-refractivity contribution is -0.161. The SMILES string of the molecule is CSN(CC(=O)NC(C(=O)N[C@@H]1C(=O)N2[C@@H]1SC(C)(C)[C@@H]2C(=O)O)c1ccccc1)C(=O)C(N)=O. The number of aliphatic carboxylic acids is 1. The van der Waals surface area contributed by atoms with Gasteiger partial charge in [-0.2, -0.15) is 0 Å². The number of hydrogen-bond acceptors (Lipinski definition) is 8. The summed E-state index contributed by atoms with van der Waals surface area (Å²) in [5.41, 5.74) is 5.41. The van der Waals surface area contributed by atoms with E-state index < -0.39 is 70.3 Å². The summed E-state index contributed by atoms with van der Waals surface area (Å²) in [7, 11) is 0. The summed E-state index contributed by atoms with van der Waals surface area (Å²) >= 11 is 2.10. The van der Waals surface area contributed by atoms with Crippen molar-refractivity contribution in [3.63, 3.8) is 0 Å². The van der Waals surface area contributed by atoms with Crippen LogP contribution >= 0.6 is 23.7 Å². The summed E-state index contributed by atoms with van der Waals surface area (Å²) in [5.74, 6) is -5.36. The standard InChI is InChI=1S/C21H25N5O7S2/c1-21(2)14(20(32)33)26-17(30)13(19(26)35-21)24-16(29)12(10-7-5-4-6-8-10)23-11(27)9-25(34-3)18(31)15(22)28/h4-8,12-14,19H,9H2,1-3H3,(H2,22,28)(H,23,27)(H,24,29)(H,32,33)/t12?,13-,14+,19-/m1/s1. The molecule has 1 unspecified atom stereocenters. The van der Waals surface area contributed by atoms with Gasteiger partial charge in [0, 0.05) is 11.0 Å². The molecule has 3 rings (SSSR count). The van der Waals surface area contributed by atoms with Crippen molar-refractivity contribution >= 4 is 59.2 Å². The quantitative estimate of drug-likeness (QED) is 0.190. The highest BCUT2D eigenvalue weighted by Gasteiger charge is 2.64. The normalized spacial score (nSPS) is 22.9. The predicted octanol–water partition coefficient (Wildman–Crippen LogP) is -0.932. The monoisotopic (exact) mass is 523 g/mol. The number of nitrogens with zero attached hydrogens (tertiary/aromatic N) is 2. The Hall–Kier alpha value is -3.26. The van der Waals surface area contributed by atoms with Crippen molar-refractivity contribution in [3.8, 4) is 0 Å². The highest BCUT2D eigenvalue weighted by molar-refractivity contribution is 8.01. The molecule has 2 heterocycles. The van der Waals surface area contributed by atoms with Crippen LogP contribution in [0.2, 0.25) is 0 Å². The molecular weight excluding hydrogens is 498 g/mol. The minimum absolute atomic E-state index is 0.418. The number of carbonyl (C=O) groups is 6. The second-order valence-electron chi connectivity index (χ2n) is 8.38. The number of nitrogens with two attached hydrogens (primary N) is 1. The van der Waals surface area contributed by atoms with Gasteiger partial charge in [0.15, 0.2) is 0 Å². The van der Waals surface area contributed by atoms with Gasteiger partial charge in [-0.1, -0.05) is 30.3 Å². The lowest BCUT2D eigenvalue weighted by Gasteiger charge is -2.44. The number of rotatable bonds is 8. The maximum absolute atomic E-state index is 13.2. The molecule has 4 atom stereocenters. The minimum Gasteiger partial charge on any atom is -0.480 e. The van der Waals surface area contributed by atoms with Crippen LogP contribution in [0.4, 0.5) is 0 Å². The molecule has 1 aromatic carbocycles. The summed E-state index contributed by atoms with van der Waals surface area (Å²) in [6.45, 7) is 2.90. The van der Waals surface area contributed by atoms with Gasteiger partial charge >= 0.3 is 17.8 Å². The third kappa shape index (κ3) is 5.22. The third-order valence-corrected chi connectivity index (χ3v) is 7.93. The molecule has 5 amide bonds. The van der Waals surface area contributed by atoms with Crippen LogP contribution in [0.5, 0.6) is 0 Å². The lowest BCUT2D eigenvalue weighted by Crippen LogP contribution is -2.71. The number of nitrogens with one attached hydrogen (secondary N) is 2. The highest BCUT2D eigenvalue weighted by Crippen LogP contribution is 2.50. The van der Waals surface area contributed by atoms with Crippen molar-refractivity contribution in [2.75, 3.05) is 12.8 Å². The molecule has 0 saturated carbocycles. The van der Waals surface area contributed by atoms with Gasteiger partial charge < -0.3 is 26.4 Å². The smallest absolute Gasteiger partial charge is 0.327 e. The van der Waals surface area contributed by atoms with Crippen molar-refractivity contribution in [2.24, 2.45) is 5.73 Å². The summed E-state index contributed by atoms with van der Waals surface area (Å²) in [4.78, 5) is 74.6. The molecule has 12 nitrogen and oxygen atoms in total. The molecule has 188 valence electrons. The maximum Gasteiger partial charge on any atom is 0.327 e. The molecule has 2 aliphatic heterocycles. The van der Waals surface area contributed by atoms with E-state index in [0.29, 0.717) is 5.56 Å². The highest BCUT2D eigenvalue weighted by atomic mass is 32.2. The van der Waals surface area contributed by atoms with Crippen molar-refractivity contribution in [1.29, 1.82) is 0 Å². The van der Waals surface area contributed by atoms with Crippen LogP contribution in [-0.4, -0.2) is 84.8 Å². The van der Waals surface area contributed by atoms with Crippen LogP contribution in [0.1, 0.15) is 25.5 Å². The van der Waals surface area contributed by atoms with E-state index in [-0.39, 0.29) is 0 Å². The molecule has 0 aliphatic carbocycles. The number of amides is 5. The van der Waals surface area contributed by atoms with E-state index in [1.165, 1.54) is 22.9 Å². The molecule has 2 fully saturated rings. The number of carbonyl (C=O) groups excluding carboxylic acids is 5. The number of β-lactam (4-membered cyclic amide) rings is 1. The van der Waals surface area contributed by atoms with Crippen LogP contribution in [-0.2, 0) is 28.8 Å². The van der Waals surface area contributed by atoms with Crippen LogP contribution in [0, 0.1) is 0 Å². The molecular formula is C21H25N5O7S2. The molecule has 2 saturated heterocycles. The largest absolute Gasteiger partial charge is 0.480 e. The first kappa shape index (κ1) is 26.3. The first-order chi connectivity index (χ1) is 16.4. The topological polar surface area (TPSA) is 179 Å². The zero-order valence-corrected chi connectivity index (χ0v) is 20.7. The van der Waals surface area contributed by atoms with Crippen LogP contribution in [0.3, 0.4) is 0 Å². The number of primary amides is 1. The van der Waals surface area contributed by atoms with Gasteiger partial charge in [-0.05, 0) is 31.4 Å². The Bertz CT molecular complexity index is 1070. The fraction of sp³-hybridized carbons (Fsp3) is 0.429. The molecule has 0 aromatic heterocycles. The van der Waals surface area contributed by atoms with Gasteiger partial charge in [0.05, 0.1) is 0 Å². The van der Waals surface area contributed by atoms with Crippen LogP contribution in [0.25, 0.3) is 0 Å². The first-order valence-electron chi connectivity index (χ1n) is 10.4. The Kier molecular flexibility index (Phi) is 7.65. The van der Waals surface area contributed by atoms with Gasteiger partial charge in [0.25, 0.3) is 0 Å². The van der Waals surface area contributed by atoms with Crippen LogP contribution in [0.15, 0.2) is 30.3 Å². The van der Waals surface area contributed by atoms with Gasteiger partial charge in [-0.25, -0.2) is 4.79 Å². The van der Waals surface area contributed by atoms with Crippen molar-refractivity contribution < 1.29 is 33.9 Å². The number of carboxylic acid groups (broad SMARTS) is 1. The van der Waals surface area contributed by atoms with E-state index in [1.807, 2.05) is 0 Å². The molecule has 2 aliphatic rings. The number of fused-ring (bicyclic) bond motifs is 1. The van der Waals surface area contributed by atoms with Gasteiger partial charge in [-0.3, -0.25) is 28.3 Å². The Morgan fingerprint density at radius 2 is 1.86 bits per heavy atom. The second-order valence-corrected chi connectivity index (χ2v) is 11.0. The zero-order chi connectivity index (χ0) is 26.1. The number of thioether (sulfide) groups is 1. The first-order valence-corrected chi connectivity index (χ1v) is 12.5. The molecule has 0 bridgehead atoms. The van der Waals surface area contributed by atoms with Crippen LogP contribution < -0.4 is 16.4 Å². The van der Waals surface area contributed by atoms with Crippen molar-refractivity contribution in [1.82, 2.24) is 19.8 Å². The van der Waals surface area contributed by atoms with E-state index in [0.717, 1.165) is 16.3 Å². The lowest BCUT2D eigenvalue weighted by atomic mass is 9.95. The summed E-state index contributed by atoms with van der Waals surface area (Å²) in [5, 5.41) is 14.2. The average molecular weight is 524 g/mol. The van der Waals surface area contributed by atoms with Gasteiger partial charge in [0.2, 0.25) is 17.7 Å². The number of benzene rings is 1. The zero-order valence-electron chi connectivity index (χ0n) is 19.1. The molecule has 0 radical (unpaired) electrons. The average Bonchev–Trinajstić information content (AvgIpc) is 3.07. The molecule has 14 heteroatoms. The Balaban J connectivity index is 1.75. The number of hydrogen-bond donors (Lipinski definition) is 4. The Labute approximate surface area is 209 Å². The fourth-order valence-corrected chi connectivity index (χ4v) is 6.13. The molecule has 5 N–H and O–H groups in total. The molecule has 35 heavy (non-hydrogen) atoms. The van der Waals surface area contributed by atoms with E-state index in [4.69, 9.17) is 5.73 Å². The van der Waals surface area contributed by atoms with E-state index in [2.05, 4.69) is 10.6 Å². The molecule has 0 spiro atoms. The predicted molar refractivity (Wildman–Crippen MR) is 127 cm³/mol. The van der Waals surface area contributed by atoms with E-state index in [1.54, 1.807) is 44.2 Å². The second kappa shape index (κ2) is 10.2. The maximum atomic E-state index is 13.2.